The predicted octanol–water partition coefficient (Wildman–Crippen LogP) is 5.43. The highest BCUT2D eigenvalue weighted by Crippen LogP contribution is 2.34. The lowest BCUT2D eigenvalue weighted by Crippen LogP contribution is -2.51. The summed E-state index contributed by atoms with van der Waals surface area (Å²) < 4.78 is 6.21. The van der Waals surface area contributed by atoms with E-state index in [0.29, 0.717) is 12.0 Å². The van der Waals surface area contributed by atoms with Gasteiger partial charge >= 0.3 is 0 Å². The smallest absolute Gasteiger partial charge is 0.191 e. The Morgan fingerprint density at radius 3 is 2.42 bits per heavy atom. The monoisotopic (exact) mass is 568 g/mol. The highest BCUT2D eigenvalue weighted by Gasteiger charge is 2.28. The second-order valence-corrected chi connectivity index (χ2v) is 10.1. The molecule has 6 heteroatoms. The first kappa shape index (κ1) is 26.7. The Labute approximate surface area is 218 Å². The van der Waals surface area contributed by atoms with Crippen molar-refractivity contribution >= 4 is 29.9 Å². The van der Waals surface area contributed by atoms with Crippen LogP contribution in [0.5, 0.6) is 0 Å². The second-order valence-electron chi connectivity index (χ2n) is 10.1. The molecule has 5 nitrogen and oxygen atoms in total. The van der Waals surface area contributed by atoms with Crippen LogP contribution in [0.2, 0.25) is 0 Å². The van der Waals surface area contributed by atoms with E-state index in [9.17, 15) is 0 Å². The molecule has 3 fully saturated rings. The van der Waals surface area contributed by atoms with E-state index in [1.807, 2.05) is 0 Å². The van der Waals surface area contributed by atoms with E-state index in [1.165, 1.54) is 75.6 Å². The summed E-state index contributed by atoms with van der Waals surface area (Å²) >= 11 is 0. The number of rotatable bonds is 6. The minimum absolute atomic E-state index is 0. The lowest BCUT2D eigenvalue weighted by atomic mass is 9.89. The number of likely N-dealkylation sites (tertiary alicyclic amines) is 1. The van der Waals surface area contributed by atoms with Crippen LogP contribution in [0.1, 0.15) is 81.9 Å². The molecule has 186 valence electrons. The Kier molecular flexibility index (Phi) is 11.2. The zero-order valence-corrected chi connectivity index (χ0v) is 23.1. The van der Waals surface area contributed by atoms with Gasteiger partial charge in [-0.05, 0) is 57.9 Å². The van der Waals surface area contributed by atoms with Crippen LogP contribution in [-0.2, 0) is 4.74 Å². The van der Waals surface area contributed by atoms with E-state index < -0.39 is 0 Å². The van der Waals surface area contributed by atoms with Crippen LogP contribution >= 0.6 is 24.0 Å². The molecule has 0 amide bonds. The van der Waals surface area contributed by atoms with Gasteiger partial charge in [-0.1, -0.05) is 49.1 Å². The van der Waals surface area contributed by atoms with Crippen molar-refractivity contribution in [2.24, 2.45) is 10.9 Å². The number of aliphatic imine (C=N–C) groups is 1. The van der Waals surface area contributed by atoms with Crippen LogP contribution in [-0.4, -0.2) is 55.7 Å². The molecule has 0 spiro atoms. The van der Waals surface area contributed by atoms with Crippen LogP contribution in [0.3, 0.4) is 0 Å². The standard InChI is InChI=1S/C27H44N4O.HI/c1-3-28-27(30-24-15-17-31(18-16-24)25-9-5-4-6-10-25)29-20-23-8-7-19-32-26(23)22-13-11-21(2)12-14-22;/h11-14,23-26H,3-10,15-20H2,1-2H3,(H2,28,29,30);1H. The van der Waals surface area contributed by atoms with E-state index in [-0.39, 0.29) is 30.1 Å². The molecule has 1 aromatic rings. The number of guanidine groups is 1. The maximum Gasteiger partial charge on any atom is 0.191 e. The van der Waals surface area contributed by atoms with Crippen molar-refractivity contribution in [1.29, 1.82) is 0 Å². The number of hydrogen-bond acceptors (Lipinski definition) is 3. The van der Waals surface area contributed by atoms with Crippen molar-refractivity contribution in [3.63, 3.8) is 0 Å². The first-order chi connectivity index (χ1) is 15.7. The quantitative estimate of drug-likeness (QED) is 0.273. The fourth-order valence-corrected chi connectivity index (χ4v) is 5.73. The molecule has 0 bridgehead atoms. The summed E-state index contributed by atoms with van der Waals surface area (Å²) in [5, 5.41) is 7.24. The molecular weight excluding hydrogens is 523 g/mol. The van der Waals surface area contributed by atoms with Gasteiger partial charge in [0.05, 0.1) is 6.10 Å². The third kappa shape index (κ3) is 7.82. The van der Waals surface area contributed by atoms with Crippen LogP contribution < -0.4 is 10.6 Å². The van der Waals surface area contributed by atoms with E-state index >= 15 is 0 Å². The van der Waals surface area contributed by atoms with Crippen LogP contribution in [0.4, 0.5) is 0 Å². The van der Waals surface area contributed by atoms with Gasteiger partial charge < -0.3 is 20.3 Å². The topological polar surface area (TPSA) is 48.9 Å². The number of halogens is 1. The Bertz CT molecular complexity index is 711. The largest absolute Gasteiger partial charge is 0.373 e. The maximum atomic E-state index is 6.21. The van der Waals surface area contributed by atoms with Crippen molar-refractivity contribution < 1.29 is 4.74 Å². The average Bonchev–Trinajstić information content (AvgIpc) is 2.84. The number of nitrogens with one attached hydrogen (secondary N) is 2. The van der Waals surface area contributed by atoms with E-state index in [1.54, 1.807) is 0 Å². The summed E-state index contributed by atoms with van der Waals surface area (Å²) in [6.45, 7) is 9.32. The van der Waals surface area contributed by atoms with Crippen molar-refractivity contribution in [3.05, 3.63) is 35.4 Å². The molecule has 2 heterocycles. The Morgan fingerprint density at radius 2 is 1.73 bits per heavy atom. The first-order valence-electron chi connectivity index (χ1n) is 13.2. The number of ether oxygens (including phenoxy) is 1. The fraction of sp³-hybridized carbons (Fsp3) is 0.741. The second kappa shape index (κ2) is 13.9. The number of piperidine rings is 1. The van der Waals surface area contributed by atoms with Crippen molar-refractivity contribution in [1.82, 2.24) is 15.5 Å². The molecular formula is C27H45IN4O. The molecule has 0 aromatic heterocycles. The van der Waals surface area contributed by atoms with Crippen molar-refractivity contribution in [3.8, 4) is 0 Å². The van der Waals surface area contributed by atoms with Gasteiger partial charge in [-0.15, -0.1) is 24.0 Å². The SMILES string of the molecule is CCNC(=NCC1CCCOC1c1ccc(C)cc1)NC1CCN(C2CCCCC2)CC1.I. The molecule has 1 aliphatic carbocycles. The van der Waals surface area contributed by atoms with Crippen LogP contribution in [0.25, 0.3) is 0 Å². The first-order valence-corrected chi connectivity index (χ1v) is 13.2. The molecule has 2 N–H and O–H groups in total. The van der Waals surface area contributed by atoms with E-state index in [2.05, 4.69) is 53.6 Å². The molecule has 1 saturated carbocycles. The summed E-state index contributed by atoms with van der Waals surface area (Å²) in [5.41, 5.74) is 2.59. The minimum atomic E-state index is 0. The summed E-state index contributed by atoms with van der Waals surface area (Å²) in [7, 11) is 0. The van der Waals surface area contributed by atoms with Gasteiger partial charge in [0.2, 0.25) is 0 Å². The summed E-state index contributed by atoms with van der Waals surface area (Å²) in [5.74, 6) is 1.42. The predicted molar refractivity (Wildman–Crippen MR) is 149 cm³/mol. The highest BCUT2D eigenvalue weighted by atomic mass is 127. The Balaban J connectivity index is 0.00000306. The Morgan fingerprint density at radius 1 is 1.00 bits per heavy atom. The van der Waals surface area contributed by atoms with E-state index in [0.717, 1.165) is 38.1 Å². The summed E-state index contributed by atoms with van der Waals surface area (Å²) in [6, 6.07) is 10.2. The zero-order chi connectivity index (χ0) is 22.2. The van der Waals surface area contributed by atoms with Crippen molar-refractivity contribution in [2.75, 3.05) is 32.8 Å². The Hall–Kier alpha value is -0.860. The lowest BCUT2D eigenvalue weighted by Gasteiger charge is -2.39. The summed E-state index contributed by atoms with van der Waals surface area (Å²) in [6.07, 6.45) is 12.0. The molecule has 1 aromatic carbocycles. The van der Waals surface area contributed by atoms with E-state index in [4.69, 9.17) is 9.73 Å². The third-order valence-corrected chi connectivity index (χ3v) is 7.64. The molecule has 0 radical (unpaired) electrons. The molecule has 2 atom stereocenters. The van der Waals surface area contributed by atoms with Gasteiger partial charge in [0.25, 0.3) is 0 Å². The normalized spacial score (nSPS) is 25.9. The van der Waals surface area contributed by atoms with Gasteiger partial charge in [0.15, 0.2) is 5.96 Å². The number of hydrogen-bond donors (Lipinski definition) is 2. The minimum Gasteiger partial charge on any atom is -0.373 e. The fourth-order valence-electron chi connectivity index (χ4n) is 5.73. The maximum absolute atomic E-state index is 6.21. The highest BCUT2D eigenvalue weighted by molar-refractivity contribution is 14.0. The van der Waals surface area contributed by atoms with Crippen molar-refractivity contribution in [2.45, 2.75) is 89.8 Å². The van der Waals surface area contributed by atoms with Crippen LogP contribution in [0.15, 0.2) is 29.3 Å². The molecule has 4 rings (SSSR count). The number of nitrogens with zero attached hydrogens (tertiary/aromatic N) is 2. The van der Waals surface area contributed by atoms with Gasteiger partial charge in [-0.3, -0.25) is 4.99 Å². The van der Waals surface area contributed by atoms with Gasteiger partial charge in [0, 0.05) is 50.8 Å². The van der Waals surface area contributed by atoms with Gasteiger partial charge in [0.1, 0.15) is 0 Å². The zero-order valence-electron chi connectivity index (χ0n) is 20.7. The summed E-state index contributed by atoms with van der Waals surface area (Å²) in [4.78, 5) is 7.79. The molecule has 2 unspecified atom stereocenters. The molecule has 2 saturated heterocycles. The molecule has 3 aliphatic rings. The number of aryl methyl sites for hydroxylation is 1. The number of benzene rings is 1. The van der Waals surface area contributed by atoms with Crippen LogP contribution in [0, 0.1) is 12.8 Å². The molecule has 2 aliphatic heterocycles. The lowest BCUT2D eigenvalue weighted by molar-refractivity contribution is -0.0250. The molecule has 33 heavy (non-hydrogen) atoms. The van der Waals surface area contributed by atoms with Gasteiger partial charge in [-0.25, -0.2) is 0 Å². The average molecular weight is 569 g/mol. The van der Waals surface area contributed by atoms with Gasteiger partial charge in [-0.2, -0.15) is 0 Å². The third-order valence-electron chi connectivity index (χ3n) is 7.64.